The highest BCUT2D eigenvalue weighted by Gasteiger charge is 2.31. The smallest absolute Gasteiger partial charge is 0.336 e. The zero-order chi connectivity index (χ0) is 12.1. The molecule has 15 heavy (non-hydrogen) atoms. The van der Waals surface area contributed by atoms with Crippen molar-refractivity contribution in [3.63, 3.8) is 0 Å². The van der Waals surface area contributed by atoms with Gasteiger partial charge in [-0.3, -0.25) is 4.79 Å². The van der Waals surface area contributed by atoms with Crippen molar-refractivity contribution in [2.75, 3.05) is 27.2 Å². The van der Waals surface area contributed by atoms with Crippen LogP contribution in [0.3, 0.4) is 0 Å². The molecule has 0 aromatic heterocycles. The summed E-state index contributed by atoms with van der Waals surface area (Å²) < 4.78 is 0. The van der Waals surface area contributed by atoms with Crippen LogP contribution in [0.5, 0.6) is 0 Å². The molecule has 0 aliphatic carbocycles. The van der Waals surface area contributed by atoms with Crippen LogP contribution in [0.15, 0.2) is 0 Å². The third-order valence-electron chi connectivity index (χ3n) is 2.04. The maximum atomic E-state index is 10.9. The Morgan fingerprint density at radius 3 is 2.40 bits per heavy atom. The average Bonchev–Trinajstić information content (AvgIpc) is 2.13. The molecular weight excluding hydrogens is 200 g/mol. The van der Waals surface area contributed by atoms with Gasteiger partial charge in [0, 0.05) is 26.6 Å². The fourth-order valence-electron chi connectivity index (χ4n) is 1.09. The fraction of sp³-hybridized carbons (Fsp3) is 0.778. The molecule has 1 unspecified atom stereocenters. The Kier molecular flexibility index (Phi) is 5.24. The zero-order valence-electron chi connectivity index (χ0n) is 9.28. The van der Waals surface area contributed by atoms with E-state index < -0.39 is 11.6 Å². The number of carboxylic acids is 1. The molecule has 0 rings (SSSR count). The summed E-state index contributed by atoms with van der Waals surface area (Å²) in [5.41, 5.74) is -1.78. The Morgan fingerprint density at radius 1 is 1.47 bits per heavy atom. The SMILES string of the molecule is CNC(=O)CCN(C)CC(C)(O)C(=O)O. The summed E-state index contributed by atoms with van der Waals surface area (Å²) in [7, 11) is 3.19. The molecule has 0 fully saturated rings. The second-order valence-electron chi connectivity index (χ2n) is 3.74. The van der Waals surface area contributed by atoms with E-state index in [0.717, 1.165) is 0 Å². The predicted molar refractivity (Wildman–Crippen MR) is 54.4 cm³/mol. The van der Waals surface area contributed by atoms with Crippen LogP contribution in [0.1, 0.15) is 13.3 Å². The third-order valence-corrected chi connectivity index (χ3v) is 2.04. The average molecular weight is 218 g/mol. The van der Waals surface area contributed by atoms with Crippen LogP contribution in [0, 0.1) is 0 Å². The number of amides is 1. The van der Waals surface area contributed by atoms with Gasteiger partial charge in [-0.1, -0.05) is 0 Å². The molecule has 1 atom stereocenters. The zero-order valence-corrected chi connectivity index (χ0v) is 9.28. The number of likely N-dealkylation sites (N-methyl/N-ethyl adjacent to an activating group) is 1. The Morgan fingerprint density at radius 2 is 2.00 bits per heavy atom. The number of carbonyl (C=O) groups is 2. The van der Waals surface area contributed by atoms with E-state index in [1.165, 1.54) is 14.0 Å². The van der Waals surface area contributed by atoms with Gasteiger partial charge in [-0.15, -0.1) is 0 Å². The van der Waals surface area contributed by atoms with Gasteiger partial charge in [0.05, 0.1) is 0 Å². The van der Waals surface area contributed by atoms with E-state index in [4.69, 9.17) is 5.11 Å². The van der Waals surface area contributed by atoms with E-state index in [1.54, 1.807) is 11.9 Å². The van der Waals surface area contributed by atoms with Crippen LogP contribution < -0.4 is 5.32 Å². The van der Waals surface area contributed by atoms with Gasteiger partial charge in [0.25, 0.3) is 0 Å². The molecule has 0 radical (unpaired) electrons. The number of hydrogen-bond donors (Lipinski definition) is 3. The maximum absolute atomic E-state index is 10.9. The van der Waals surface area contributed by atoms with Crippen LogP contribution in [-0.2, 0) is 9.59 Å². The van der Waals surface area contributed by atoms with E-state index >= 15 is 0 Å². The van der Waals surface area contributed by atoms with Gasteiger partial charge >= 0.3 is 5.97 Å². The van der Waals surface area contributed by atoms with Gasteiger partial charge in [0.2, 0.25) is 5.91 Å². The Balaban J connectivity index is 3.98. The molecule has 6 nitrogen and oxygen atoms in total. The minimum atomic E-state index is -1.78. The number of carboxylic acid groups (broad SMARTS) is 1. The minimum absolute atomic E-state index is 0.0146. The number of nitrogens with zero attached hydrogens (tertiary/aromatic N) is 1. The number of rotatable bonds is 6. The first-order chi connectivity index (χ1) is 6.79. The fourth-order valence-corrected chi connectivity index (χ4v) is 1.09. The number of aliphatic carboxylic acids is 1. The molecule has 3 N–H and O–H groups in total. The highest BCUT2D eigenvalue weighted by Crippen LogP contribution is 2.05. The number of carbonyl (C=O) groups excluding carboxylic acids is 1. The topological polar surface area (TPSA) is 89.9 Å². The van der Waals surface area contributed by atoms with Gasteiger partial charge in [-0.2, -0.15) is 0 Å². The summed E-state index contributed by atoms with van der Waals surface area (Å²) in [4.78, 5) is 23.1. The van der Waals surface area contributed by atoms with E-state index in [2.05, 4.69) is 5.32 Å². The van der Waals surface area contributed by atoms with Crippen LogP contribution >= 0.6 is 0 Å². The molecule has 0 saturated carbocycles. The first-order valence-corrected chi connectivity index (χ1v) is 4.64. The predicted octanol–water partition coefficient (Wildman–Crippen LogP) is -1.11. The number of nitrogens with one attached hydrogen (secondary N) is 1. The molecule has 0 aliphatic heterocycles. The normalized spacial score (nSPS) is 14.7. The Labute approximate surface area is 88.9 Å². The van der Waals surface area contributed by atoms with Crippen molar-refractivity contribution in [1.29, 1.82) is 0 Å². The summed E-state index contributed by atoms with van der Waals surface area (Å²) in [6.45, 7) is 1.62. The van der Waals surface area contributed by atoms with Gasteiger partial charge in [0.1, 0.15) is 0 Å². The van der Waals surface area contributed by atoms with Crippen molar-refractivity contribution < 1.29 is 19.8 Å². The molecule has 0 heterocycles. The molecular formula is C9H18N2O4. The highest BCUT2D eigenvalue weighted by atomic mass is 16.4. The summed E-state index contributed by atoms with van der Waals surface area (Å²) in [5, 5.41) is 20.6. The van der Waals surface area contributed by atoms with E-state index in [0.29, 0.717) is 6.54 Å². The molecule has 6 heteroatoms. The lowest BCUT2D eigenvalue weighted by molar-refractivity contribution is -0.158. The van der Waals surface area contributed by atoms with Crippen molar-refractivity contribution in [3.05, 3.63) is 0 Å². The summed E-state index contributed by atoms with van der Waals surface area (Å²) in [6.07, 6.45) is 0.280. The van der Waals surface area contributed by atoms with Crippen molar-refractivity contribution in [2.24, 2.45) is 0 Å². The molecule has 0 aliphatic rings. The standard InChI is InChI=1S/C9H18N2O4/c1-9(15,8(13)14)6-11(3)5-4-7(12)10-2/h15H,4-6H2,1-3H3,(H,10,12)(H,13,14). The van der Waals surface area contributed by atoms with E-state index in [1.807, 2.05) is 0 Å². The van der Waals surface area contributed by atoms with Crippen LogP contribution in [-0.4, -0.2) is 59.8 Å². The van der Waals surface area contributed by atoms with Gasteiger partial charge in [-0.05, 0) is 14.0 Å². The number of hydrogen-bond acceptors (Lipinski definition) is 4. The lowest BCUT2D eigenvalue weighted by Gasteiger charge is -2.24. The quantitative estimate of drug-likeness (QED) is 0.526. The monoisotopic (exact) mass is 218 g/mol. The number of aliphatic hydroxyl groups is 1. The second kappa shape index (κ2) is 5.67. The molecule has 0 bridgehead atoms. The van der Waals surface area contributed by atoms with Crippen molar-refractivity contribution in [2.45, 2.75) is 18.9 Å². The van der Waals surface area contributed by atoms with Gasteiger partial charge in [-0.25, -0.2) is 4.79 Å². The van der Waals surface area contributed by atoms with Gasteiger partial charge in [0.15, 0.2) is 5.60 Å². The van der Waals surface area contributed by atoms with Crippen LogP contribution in [0.2, 0.25) is 0 Å². The third kappa shape index (κ3) is 5.34. The molecule has 0 aromatic rings. The maximum Gasteiger partial charge on any atom is 0.336 e. The van der Waals surface area contributed by atoms with Crippen molar-refractivity contribution >= 4 is 11.9 Å². The lowest BCUT2D eigenvalue weighted by atomic mass is 10.1. The first-order valence-electron chi connectivity index (χ1n) is 4.64. The first kappa shape index (κ1) is 13.9. The van der Waals surface area contributed by atoms with Crippen LogP contribution in [0.4, 0.5) is 0 Å². The minimum Gasteiger partial charge on any atom is -0.479 e. The van der Waals surface area contributed by atoms with Gasteiger partial charge < -0.3 is 20.4 Å². The molecule has 0 spiro atoms. The van der Waals surface area contributed by atoms with Crippen molar-refractivity contribution in [1.82, 2.24) is 10.2 Å². The second-order valence-corrected chi connectivity index (χ2v) is 3.74. The summed E-state index contributed by atoms with van der Waals surface area (Å²) in [5.74, 6) is -1.38. The summed E-state index contributed by atoms with van der Waals surface area (Å²) in [6, 6.07) is 0. The Bertz CT molecular complexity index is 240. The van der Waals surface area contributed by atoms with Crippen molar-refractivity contribution in [3.8, 4) is 0 Å². The molecule has 0 aromatic carbocycles. The Hall–Kier alpha value is -1.14. The summed E-state index contributed by atoms with van der Waals surface area (Å²) >= 11 is 0. The highest BCUT2D eigenvalue weighted by molar-refractivity contribution is 5.77. The lowest BCUT2D eigenvalue weighted by Crippen LogP contribution is -2.46. The molecule has 0 saturated heterocycles. The van der Waals surface area contributed by atoms with E-state index in [9.17, 15) is 14.7 Å². The largest absolute Gasteiger partial charge is 0.479 e. The van der Waals surface area contributed by atoms with E-state index in [-0.39, 0.29) is 18.9 Å². The molecule has 88 valence electrons. The molecule has 1 amide bonds. The van der Waals surface area contributed by atoms with Crippen LogP contribution in [0.25, 0.3) is 0 Å².